The zero-order valence-corrected chi connectivity index (χ0v) is 17.9. The average molecular weight is 442 g/mol. The molecule has 8 nitrogen and oxygen atoms in total. The van der Waals surface area contributed by atoms with E-state index in [9.17, 15) is 9.90 Å². The van der Waals surface area contributed by atoms with Crippen LogP contribution in [0.4, 0.5) is 0 Å². The van der Waals surface area contributed by atoms with Gasteiger partial charge in [-0.2, -0.15) is 0 Å². The Morgan fingerprint density at radius 3 is 2.73 bits per heavy atom. The largest absolute Gasteiger partial charge is 0.484 e. The van der Waals surface area contributed by atoms with Gasteiger partial charge in [-0.15, -0.1) is 0 Å². The van der Waals surface area contributed by atoms with E-state index in [0.29, 0.717) is 23.9 Å². The third-order valence-electron chi connectivity index (χ3n) is 4.75. The van der Waals surface area contributed by atoms with Crippen LogP contribution in [-0.4, -0.2) is 32.3 Å². The fourth-order valence-corrected chi connectivity index (χ4v) is 3.20. The van der Waals surface area contributed by atoms with E-state index in [4.69, 9.17) is 15.0 Å². The van der Waals surface area contributed by atoms with E-state index in [-0.39, 0.29) is 6.61 Å². The summed E-state index contributed by atoms with van der Waals surface area (Å²) in [5.41, 5.74) is 8.30. The molecule has 4 rings (SSSR count). The Kier molecular flexibility index (Phi) is 6.53. The van der Waals surface area contributed by atoms with Crippen LogP contribution in [0.1, 0.15) is 35.7 Å². The van der Waals surface area contributed by atoms with Crippen molar-refractivity contribution in [3.63, 3.8) is 0 Å². The number of imidazole rings is 1. The van der Waals surface area contributed by atoms with Crippen molar-refractivity contribution in [1.82, 2.24) is 14.7 Å². The molecule has 0 fully saturated rings. The Bertz CT molecular complexity index is 1310. The fraction of sp³-hybridized carbons (Fsp3) is 0.160. The summed E-state index contributed by atoms with van der Waals surface area (Å²) in [4.78, 5) is 15.0. The predicted molar refractivity (Wildman–Crippen MR) is 121 cm³/mol. The molecule has 2 aromatic carbocycles. The predicted octanol–water partition coefficient (Wildman–Crippen LogP) is 2.90. The molecular formula is C25H22N4O4. The van der Waals surface area contributed by atoms with Gasteiger partial charge < -0.3 is 24.7 Å². The minimum Gasteiger partial charge on any atom is -0.484 e. The van der Waals surface area contributed by atoms with Crippen LogP contribution in [0.5, 0.6) is 5.75 Å². The minimum atomic E-state index is -0.662. The van der Waals surface area contributed by atoms with E-state index in [1.54, 1.807) is 37.5 Å². The second-order valence-corrected chi connectivity index (χ2v) is 7.38. The summed E-state index contributed by atoms with van der Waals surface area (Å²) in [5, 5.41) is 13.9. The summed E-state index contributed by atoms with van der Waals surface area (Å²) in [7, 11) is 0. The number of primary amides is 1. The quantitative estimate of drug-likeness (QED) is 0.425. The zero-order valence-electron chi connectivity index (χ0n) is 17.9. The normalized spacial score (nSPS) is 11.5. The van der Waals surface area contributed by atoms with Gasteiger partial charge in [-0.1, -0.05) is 23.1 Å². The third-order valence-corrected chi connectivity index (χ3v) is 4.75. The Hall–Kier alpha value is -4.35. The summed E-state index contributed by atoms with van der Waals surface area (Å²) < 4.78 is 12.6. The molecule has 2 heterocycles. The summed E-state index contributed by atoms with van der Waals surface area (Å²) in [6.45, 7) is 1.95. The van der Waals surface area contributed by atoms with Crippen LogP contribution in [0.3, 0.4) is 0 Å². The maximum Gasteiger partial charge on any atom is 0.255 e. The van der Waals surface area contributed by atoms with Crippen molar-refractivity contribution in [2.24, 2.45) is 5.73 Å². The molecule has 0 radical (unpaired) electrons. The summed E-state index contributed by atoms with van der Waals surface area (Å²) >= 11 is 0. The molecule has 0 spiro atoms. The Morgan fingerprint density at radius 1 is 1.18 bits per heavy atom. The number of aromatic nitrogens is 3. The first-order valence-corrected chi connectivity index (χ1v) is 10.3. The first-order valence-electron chi connectivity index (χ1n) is 10.3. The van der Waals surface area contributed by atoms with Crippen LogP contribution in [-0.2, 0) is 11.3 Å². The van der Waals surface area contributed by atoms with Gasteiger partial charge in [0.05, 0.1) is 6.54 Å². The van der Waals surface area contributed by atoms with Crippen molar-refractivity contribution < 1.29 is 19.2 Å². The molecular weight excluding hydrogens is 420 g/mol. The second kappa shape index (κ2) is 9.85. The SMILES string of the molecule is CC(O)c1nccn1Cc1cc(-c2ccc(C#Cc3cccc(OCC(N)=O)c3)cc2)on1. The van der Waals surface area contributed by atoms with E-state index in [2.05, 4.69) is 22.0 Å². The summed E-state index contributed by atoms with van der Waals surface area (Å²) in [6.07, 6.45) is 2.78. The highest BCUT2D eigenvalue weighted by Crippen LogP contribution is 2.22. The topological polar surface area (TPSA) is 116 Å². The molecule has 33 heavy (non-hydrogen) atoms. The number of benzene rings is 2. The molecule has 4 aromatic rings. The molecule has 0 saturated carbocycles. The monoisotopic (exact) mass is 442 g/mol. The van der Waals surface area contributed by atoms with Crippen LogP contribution < -0.4 is 10.5 Å². The van der Waals surface area contributed by atoms with Crippen molar-refractivity contribution in [2.75, 3.05) is 6.61 Å². The van der Waals surface area contributed by atoms with Crippen molar-refractivity contribution in [3.05, 3.63) is 89.6 Å². The highest BCUT2D eigenvalue weighted by atomic mass is 16.5. The number of rotatable bonds is 7. The highest BCUT2D eigenvalue weighted by molar-refractivity contribution is 5.75. The Balaban J connectivity index is 1.43. The second-order valence-electron chi connectivity index (χ2n) is 7.38. The van der Waals surface area contributed by atoms with Gasteiger partial charge in [0.2, 0.25) is 0 Å². The van der Waals surface area contributed by atoms with E-state index in [0.717, 1.165) is 22.4 Å². The average Bonchev–Trinajstić information content (AvgIpc) is 3.47. The number of carbonyl (C=O) groups is 1. The number of aliphatic hydroxyl groups excluding tert-OH is 1. The van der Waals surface area contributed by atoms with Crippen molar-refractivity contribution in [2.45, 2.75) is 19.6 Å². The van der Waals surface area contributed by atoms with Gasteiger partial charge in [-0.25, -0.2) is 4.98 Å². The van der Waals surface area contributed by atoms with Crippen LogP contribution in [0.15, 0.2) is 71.5 Å². The zero-order chi connectivity index (χ0) is 23.2. The smallest absolute Gasteiger partial charge is 0.255 e. The van der Waals surface area contributed by atoms with E-state index < -0.39 is 12.0 Å². The van der Waals surface area contributed by atoms with Gasteiger partial charge in [0, 0.05) is 35.2 Å². The van der Waals surface area contributed by atoms with Crippen LogP contribution in [0, 0.1) is 11.8 Å². The van der Waals surface area contributed by atoms with Crippen molar-refractivity contribution in [1.29, 1.82) is 0 Å². The highest BCUT2D eigenvalue weighted by Gasteiger charge is 2.12. The van der Waals surface area contributed by atoms with Crippen molar-refractivity contribution >= 4 is 5.91 Å². The molecule has 8 heteroatoms. The molecule has 1 amide bonds. The maximum absolute atomic E-state index is 10.9. The standard InChI is InChI=1S/C25H22N4O4/c1-17(30)25-27-11-12-29(25)15-21-14-23(33-28-21)20-9-7-18(8-10-20)5-6-19-3-2-4-22(13-19)32-16-24(26)31/h2-4,7-14,17,30H,15-16H2,1H3,(H2,26,31). The number of aliphatic hydroxyl groups is 1. The molecule has 2 aromatic heterocycles. The molecule has 0 bridgehead atoms. The molecule has 0 aliphatic heterocycles. The molecule has 3 N–H and O–H groups in total. The van der Waals surface area contributed by atoms with Gasteiger partial charge in [-0.05, 0) is 49.4 Å². The van der Waals surface area contributed by atoms with E-state index >= 15 is 0 Å². The van der Waals surface area contributed by atoms with Crippen LogP contribution >= 0.6 is 0 Å². The third kappa shape index (κ3) is 5.67. The maximum atomic E-state index is 10.9. The number of hydrogen-bond donors (Lipinski definition) is 2. The van der Waals surface area contributed by atoms with Gasteiger partial charge in [0.25, 0.3) is 5.91 Å². The molecule has 166 valence electrons. The van der Waals surface area contributed by atoms with E-state index in [1.807, 2.05) is 41.0 Å². The Morgan fingerprint density at radius 2 is 1.97 bits per heavy atom. The summed E-state index contributed by atoms with van der Waals surface area (Å²) in [5.74, 6) is 7.41. The van der Waals surface area contributed by atoms with E-state index in [1.165, 1.54) is 0 Å². The number of ether oxygens (including phenoxy) is 1. The van der Waals surface area contributed by atoms with Gasteiger partial charge >= 0.3 is 0 Å². The number of nitrogens with zero attached hydrogens (tertiary/aromatic N) is 3. The number of nitrogens with two attached hydrogens (primary N) is 1. The molecule has 0 saturated heterocycles. The van der Waals surface area contributed by atoms with Crippen LogP contribution in [0.2, 0.25) is 0 Å². The van der Waals surface area contributed by atoms with Gasteiger partial charge in [0.15, 0.2) is 12.4 Å². The molecule has 0 aliphatic carbocycles. The lowest BCUT2D eigenvalue weighted by atomic mass is 10.1. The van der Waals surface area contributed by atoms with Crippen LogP contribution in [0.25, 0.3) is 11.3 Å². The van der Waals surface area contributed by atoms with Gasteiger partial charge in [0.1, 0.15) is 23.4 Å². The van der Waals surface area contributed by atoms with Crippen molar-refractivity contribution in [3.8, 4) is 28.9 Å². The first kappa shape index (κ1) is 21.9. The fourth-order valence-electron chi connectivity index (χ4n) is 3.20. The molecule has 1 unspecified atom stereocenters. The number of hydrogen-bond acceptors (Lipinski definition) is 6. The molecule has 0 aliphatic rings. The molecule has 1 atom stereocenters. The summed E-state index contributed by atoms with van der Waals surface area (Å²) in [6, 6.07) is 16.7. The number of amides is 1. The first-order chi connectivity index (χ1) is 16.0. The Labute approximate surface area is 190 Å². The van der Waals surface area contributed by atoms with Gasteiger partial charge in [-0.3, -0.25) is 4.79 Å². The number of carbonyl (C=O) groups excluding carboxylic acids is 1. The minimum absolute atomic E-state index is 0.175. The lowest BCUT2D eigenvalue weighted by Crippen LogP contribution is -2.19. The lowest BCUT2D eigenvalue weighted by Gasteiger charge is -2.07. The lowest BCUT2D eigenvalue weighted by molar-refractivity contribution is -0.119.